The Morgan fingerprint density at radius 2 is 2.00 bits per heavy atom. The average molecular weight is 228 g/mol. The molecule has 0 aromatic heterocycles. The lowest BCUT2D eigenvalue weighted by Crippen LogP contribution is -2.02. The third-order valence-corrected chi connectivity index (χ3v) is 1.90. The van der Waals surface area contributed by atoms with Crippen molar-refractivity contribution < 1.29 is 13.0 Å². The molecule has 0 bridgehead atoms. The highest BCUT2D eigenvalue weighted by Gasteiger charge is 1.89. The van der Waals surface area contributed by atoms with Gasteiger partial charge >= 0.3 is 0 Å². The van der Waals surface area contributed by atoms with Gasteiger partial charge in [-0.1, -0.05) is 28.1 Å². The molecule has 0 N–H and O–H groups in total. The number of hydrogen-bond acceptors (Lipinski definition) is 3. The average Bonchev–Trinajstić information content (AvgIpc) is 1.78. The van der Waals surface area contributed by atoms with Crippen molar-refractivity contribution in [3.63, 3.8) is 0 Å². The van der Waals surface area contributed by atoms with Crippen LogP contribution in [0.1, 0.15) is 6.42 Å². The molecule has 0 aromatic rings. The molecule has 0 heterocycles. The highest BCUT2D eigenvalue weighted by Crippen LogP contribution is 1.90. The fourth-order valence-corrected chi connectivity index (χ4v) is 1.08. The Bertz CT molecular complexity index is 195. The summed E-state index contributed by atoms with van der Waals surface area (Å²) in [4.78, 5) is 0. The Hall–Kier alpha value is 0.130. The first-order valence-electron chi connectivity index (χ1n) is 2.71. The van der Waals surface area contributed by atoms with Gasteiger partial charge in [-0.15, -0.1) is 0 Å². The van der Waals surface area contributed by atoms with Gasteiger partial charge in [0.15, 0.2) is 0 Å². The van der Waals surface area contributed by atoms with Crippen LogP contribution in [0.2, 0.25) is 0 Å². The Morgan fingerprint density at radius 3 is 2.40 bits per heavy atom. The first-order valence-corrected chi connectivity index (χ1v) is 5.40. The molecule has 0 aliphatic heterocycles. The number of halogens is 1. The van der Waals surface area contributed by atoms with Crippen LogP contribution in [-0.4, -0.2) is 24.1 Å². The summed E-state index contributed by atoms with van der Waals surface area (Å²) in [6.45, 7) is 0. The second-order valence-corrected chi connectivity index (χ2v) is 3.85. The summed E-state index contributed by atoms with van der Waals surface area (Å²) in [6, 6.07) is 0. The summed E-state index contributed by atoms with van der Waals surface area (Å²) in [5.41, 5.74) is 0. The zero-order valence-corrected chi connectivity index (χ0v) is 7.69. The quantitative estimate of drug-likeness (QED) is 0.407. The highest BCUT2D eigenvalue weighted by molar-refractivity contribution is 9.09. The molecule has 0 aromatic carbocycles. The van der Waals surface area contributed by atoms with Crippen LogP contribution in [0.3, 0.4) is 0 Å². The van der Waals surface area contributed by atoms with E-state index in [1.165, 1.54) is 0 Å². The lowest BCUT2D eigenvalue weighted by molar-refractivity contribution is 0.463. The van der Waals surface area contributed by atoms with Crippen molar-refractivity contribution in [2.45, 2.75) is 6.42 Å². The van der Waals surface area contributed by atoms with Gasteiger partial charge in [0.05, 0.1) is 10.1 Å². The topological polar surface area (TPSA) is 57.2 Å². The van der Waals surface area contributed by atoms with Gasteiger partial charge in [-0.05, 0) is 6.42 Å². The molecule has 0 rings (SSSR count). The van der Waals surface area contributed by atoms with Gasteiger partial charge < -0.3 is 4.55 Å². The van der Waals surface area contributed by atoms with Crippen LogP contribution in [0.15, 0.2) is 12.2 Å². The Labute approximate surface area is 69.0 Å². The molecule has 3 nitrogen and oxygen atoms in total. The SMILES string of the molecule is O=S(=O)([O-])CC/C=C/CBr. The normalized spacial score (nSPS) is 12.6. The maximum atomic E-state index is 9.99. The van der Waals surface area contributed by atoms with E-state index in [1.54, 1.807) is 12.2 Å². The summed E-state index contributed by atoms with van der Waals surface area (Å²) in [6.07, 6.45) is 3.72. The minimum Gasteiger partial charge on any atom is -0.748 e. The van der Waals surface area contributed by atoms with E-state index >= 15 is 0 Å². The van der Waals surface area contributed by atoms with Crippen molar-refractivity contribution in [1.29, 1.82) is 0 Å². The Kier molecular flexibility index (Phi) is 4.93. The smallest absolute Gasteiger partial charge is 0.0948 e. The predicted octanol–water partition coefficient (Wildman–Crippen LogP) is 0.873. The van der Waals surface area contributed by atoms with Gasteiger partial charge in [-0.3, -0.25) is 0 Å². The molecule has 0 atom stereocenters. The van der Waals surface area contributed by atoms with E-state index in [4.69, 9.17) is 0 Å². The minimum atomic E-state index is -4.02. The van der Waals surface area contributed by atoms with Crippen LogP contribution in [0.5, 0.6) is 0 Å². The molecule has 0 unspecified atom stereocenters. The molecule has 10 heavy (non-hydrogen) atoms. The number of rotatable bonds is 4. The second kappa shape index (κ2) is 4.87. The van der Waals surface area contributed by atoms with E-state index < -0.39 is 10.1 Å². The molecule has 0 amide bonds. The van der Waals surface area contributed by atoms with Crippen LogP contribution in [0.25, 0.3) is 0 Å². The molecule has 5 heteroatoms. The van der Waals surface area contributed by atoms with Gasteiger partial charge in [0.1, 0.15) is 0 Å². The van der Waals surface area contributed by atoms with Crippen molar-refractivity contribution >= 4 is 26.0 Å². The van der Waals surface area contributed by atoms with Crippen molar-refractivity contribution in [3.05, 3.63) is 12.2 Å². The molecule has 0 radical (unpaired) electrons. The van der Waals surface area contributed by atoms with Crippen LogP contribution in [-0.2, 0) is 10.1 Å². The van der Waals surface area contributed by atoms with Crippen molar-refractivity contribution in [2.75, 3.05) is 11.1 Å². The molecule has 0 aliphatic rings. The van der Waals surface area contributed by atoms with E-state index in [-0.39, 0.29) is 5.75 Å². The largest absolute Gasteiger partial charge is 0.748 e. The van der Waals surface area contributed by atoms with E-state index in [9.17, 15) is 13.0 Å². The van der Waals surface area contributed by atoms with Gasteiger partial charge in [0, 0.05) is 11.1 Å². The number of allylic oxidation sites excluding steroid dienone is 2. The van der Waals surface area contributed by atoms with Crippen molar-refractivity contribution in [3.8, 4) is 0 Å². The van der Waals surface area contributed by atoms with Crippen LogP contribution < -0.4 is 0 Å². The van der Waals surface area contributed by atoms with Crippen molar-refractivity contribution in [1.82, 2.24) is 0 Å². The fraction of sp³-hybridized carbons (Fsp3) is 0.600. The van der Waals surface area contributed by atoms with Crippen molar-refractivity contribution in [2.24, 2.45) is 0 Å². The van der Waals surface area contributed by atoms with E-state index in [1.807, 2.05) is 0 Å². The van der Waals surface area contributed by atoms with E-state index in [2.05, 4.69) is 15.9 Å². The summed E-state index contributed by atoms with van der Waals surface area (Å²) >= 11 is 3.12. The molecular weight excluding hydrogens is 220 g/mol. The second-order valence-electron chi connectivity index (χ2n) is 1.68. The first-order chi connectivity index (χ1) is 4.56. The minimum absolute atomic E-state index is 0.303. The molecule has 0 aliphatic carbocycles. The molecular formula is C5H8BrO3S-. The fourth-order valence-electron chi connectivity index (χ4n) is 0.393. The Morgan fingerprint density at radius 1 is 1.40 bits per heavy atom. The maximum absolute atomic E-state index is 9.99. The van der Waals surface area contributed by atoms with E-state index in [0.29, 0.717) is 11.8 Å². The third-order valence-electron chi connectivity index (χ3n) is 0.790. The molecule has 0 fully saturated rings. The molecule has 0 saturated heterocycles. The lowest BCUT2D eigenvalue weighted by atomic mass is 10.4. The molecule has 0 spiro atoms. The van der Waals surface area contributed by atoms with Crippen LogP contribution in [0, 0.1) is 0 Å². The van der Waals surface area contributed by atoms with E-state index in [0.717, 1.165) is 0 Å². The van der Waals surface area contributed by atoms with Gasteiger partial charge in [0.25, 0.3) is 0 Å². The predicted molar refractivity (Wildman–Crippen MR) is 42.1 cm³/mol. The van der Waals surface area contributed by atoms with Crippen LogP contribution >= 0.6 is 15.9 Å². The first kappa shape index (κ1) is 10.1. The maximum Gasteiger partial charge on any atom is 0.0948 e. The number of hydrogen-bond donors (Lipinski definition) is 0. The number of alkyl halides is 1. The highest BCUT2D eigenvalue weighted by atomic mass is 79.9. The third kappa shape index (κ3) is 8.13. The molecule has 0 saturated carbocycles. The summed E-state index contributed by atoms with van der Waals surface area (Å²) in [5.74, 6) is -0.309. The Balaban J connectivity index is 3.48. The molecule has 60 valence electrons. The monoisotopic (exact) mass is 227 g/mol. The lowest BCUT2D eigenvalue weighted by Gasteiger charge is -2.02. The summed E-state index contributed by atoms with van der Waals surface area (Å²) in [5, 5.41) is 0.686. The van der Waals surface area contributed by atoms with Gasteiger partial charge in [0.2, 0.25) is 0 Å². The van der Waals surface area contributed by atoms with Crippen LogP contribution in [0.4, 0.5) is 0 Å². The summed E-state index contributed by atoms with van der Waals surface area (Å²) < 4.78 is 30.0. The van der Waals surface area contributed by atoms with Gasteiger partial charge in [-0.2, -0.15) is 0 Å². The zero-order chi connectivity index (χ0) is 8.04. The standard InChI is InChI=1S/C5H9BrO3S/c6-4-2-1-3-5-10(7,8)9/h1-2H,3-5H2,(H,7,8,9)/p-1/b2-1+. The van der Waals surface area contributed by atoms with Gasteiger partial charge in [-0.25, -0.2) is 8.42 Å². The summed E-state index contributed by atoms with van der Waals surface area (Å²) in [7, 11) is -4.02. The zero-order valence-electron chi connectivity index (χ0n) is 5.29.